The fourth-order valence-corrected chi connectivity index (χ4v) is 6.23. The first kappa shape index (κ1) is 31.3. The number of hydrogen-bond acceptors (Lipinski definition) is 6. The highest BCUT2D eigenvalue weighted by molar-refractivity contribution is 6.14. The van der Waals surface area contributed by atoms with Gasteiger partial charge in [0.1, 0.15) is 5.60 Å². The second-order valence-corrected chi connectivity index (χ2v) is 12.9. The van der Waals surface area contributed by atoms with E-state index >= 15 is 0 Å². The number of hydrogen-bond donors (Lipinski definition) is 2. The van der Waals surface area contributed by atoms with E-state index in [-0.39, 0.29) is 17.9 Å². The molecule has 4 amide bonds. The van der Waals surface area contributed by atoms with E-state index in [9.17, 15) is 14.4 Å². The molecule has 2 heterocycles. The number of benzene rings is 2. The number of benzodiazepines with no additional fused rings is 1. The quantitative estimate of drug-likeness (QED) is 0.421. The fraction of sp³-hybridized carbons (Fsp3) is 0.529. The van der Waals surface area contributed by atoms with Crippen LogP contribution in [0.3, 0.4) is 0 Å². The third-order valence-corrected chi connectivity index (χ3v) is 8.37. The number of piperazine rings is 1. The van der Waals surface area contributed by atoms with Gasteiger partial charge in [-0.25, -0.2) is 9.59 Å². The molecule has 0 spiro atoms. The molecule has 2 aliphatic heterocycles. The Morgan fingerprint density at radius 1 is 0.955 bits per heavy atom. The molecule has 3 aliphatic rings. The number of amides is 4. The van der Waals surface area contributed by atoms with Crippen LogP contribution in [0.5, 0.6) is 0 Å². The van der Waals surface area contributed by atoms with Gasteiger partial charge in [0.25, 0.3) is 5.91 Å². The van der Waals surface area contributed by atoms with Crippen LogP contribution in [0.1, 0.15) is 71.8 Å². The van der Waals surface area contributed by atoms with Gasteiger partial charge in [-0.2, -0.15) is 0 Å². The van der Waals surface area contributed by atoms with Gasteiger partial charge in [0.05, 0.1) is 11.4 Å². The minimum absolute atomic E-state index is 0.221. The highest BCUT2D eigenvalue weighted by atomic mass is 16.6. The van der Waals surface area contributed by atoms with Crippen LogP contribution in [-0.4, -0.2) is 73.1 Å². The Balaban J connectivity index is 1.25. The second-order valence-electron chi connectivity index (χ2n) is 12.9. The van der Waals surface area contributed by atoms with Gasteiger partial charge in [0.2, 0.25) is 6.17 Å². The van der Waals surface area contributed by atoms with Crippen molar-refractivity contribution in [2.45, 2.75) is 78.0 Å². The molecule has 236 valence electrons. The molecule has 2 fully saturated rings. The standard InChI is InChI=1S/C34H46N6O4/c1-5-19-40-28-14-10-9-13-27(28)29(24-11-7-6-8-12-24)36-30(31(40)41)37-32(42)35-25-15-17-26(18-16-25)38-20-22-39(23-21-38)33(43)44-34(2,3)4/h9-10,13-18,24,30H,5-8,11-12,19-23H2,1-4H3,(H2,35,37,42)/t30-/m0/s1. The topological polar surface area (TPSA) is 107 Å². The number of nitrogens with one attached hydrogen (secondary N) is 2. The minimum atomic E-state index is -1.01. The number of aliphatic imine (C=N–C) groups is 1. The van der Waals surface area contributed by atoms with E-state index in [0.717, 1.165) is 54.8 Å². The zero-order chi connectivity index (χ0) is 31.3. The van der Waals surface area contributed by atoms with Crippen LogP contribution < -0.4 is 20.4 Å². The summed E-state index contributed by atoms with van der Waals surface area (Å²) in [7, 11) is 0. The molecule has 10 heteroatoms. The number of fused-ring (bicyclic) bond motifs is 1. The molecule has 1 saturated carbocycles. The van der Waals surface area contributed by atoms with Crippen LogP contribution in [0.4, 0.5) is 26.7 Å². The first-order valence-electron chi connectivity index (χ1n) is 16.0. The van der Waals surface area contributed by atoms with Gasteiger partial charge in [-0.3, -0.25) is 9.79 Å². The third kappa shape index (κ3) is 7.52. The molecule has 0 bridgehead atoms. The molecule has 44 heavy (non-hydrogen) atoms. The summed E-state index contributed by atoms with van der Waals surface area (Å²) in [6.07, 6.45) is 5.09. The van der Waals surface area contributed by atoms with Crippen LogP contribution in [-0.2, 0) is 9.53 Å². The molecule has 1 saturated heterocycles. The highest BCUT2D eigenvalue weighted by Gasteiger charge is 2.35. The van der Waals surface area contributed by atoms with Crippen molar-refractivity contribution >= 4 is 40.8 Å². The smallest absolute Gasteiger partial charge is 0.410 e. The van der Waals surface area contributed by atoms with Crippen LogP contribution in [0.2, 0.25) is 0 Å². The van der Waals surface area contributed by atoms with E-state index in [4.69, 9.17) is 9.73 Å². The Morgan fingerprint density at radius 3 is 2.30 bits per heavy atom. The van der Waals surface area contributed by atoms with Crippen molar-refractivity contribution in [3.05, 3.63) is 54.1 Å². The van der Waals surface area contributed by atoms with Crippen molar-refractivity contribution in [3.63, 3.8) is 0 Å². The summed E-state index contributed by atoms with van der Waals surface area (Å²) < 4.78 is 5.50. The average molecular weight is 603 g/mol. The Labute approximate surface area is 260 Å². The van der Waals surface area contributed by atoms with Crippen molar-refractivity contribution in [1.29, 1.82) is 0 Å². The number of rotatable bonds is 6. The molecule has 0 aromatic heterocycles. The zero-order valence-corrected chi connectivity index (χ0v) is 26.5. The number of carbonyl (C=O) groups is 3. The number of nitrogens with zero attached hydrogens (tertiary/aromatic N) is 4. The lowest BCUT2D eigenvalue weighted by Gasteiger charge is -2.36. The van der Waals surface area contributed by atoms with Gasteiger partial charge in [-0.15, -0.1) is 0 Å². The Morgan fingerprint density at radius 2 is 1.64 bits per heavy atom. The molecule has 1 aliphatic carbocycles. The Kier molecular flexibility index (Phi) is 9.76. The van der Waals surface area contributed by atoms with Crippen molar-refractivity contribution < 1.29 is 19.1 Å². The monoisotopic (exact) mass is 602 g/mol. The van der Waals surface area contributed by atoms with Gasteiger partial charge < -0.3 is 30.1 Å². The predicted molar refractivity (Wildman–Crippen MR) is 175 cm³/mol. The molecule has 2 N–H and O–H groups in total. The molecule has 0 radical (unpaired) electrons. The van der Waals surface area contributed by atoms with E-state index < -0.39 is 17.8 Å². The maximum Gasteiger partial charge on any atom is 0.410 e. The zero-order valence-electron chi connectivity index (χ0n) is 26.5. The van der Waals surface area contributed by atoms with Gasteiger partial charge in [-0.05, 0) is 70.4 Å². The summed E-state index contributed by atoms with van der Waals surface area (Å²) in [5.74, 6) is 0.0475. The molecule has 1 atom stereocenters. The summed E-state index contributed by atoms with van der Waals surface area (Å²) in [5, 5.41) is 5.76. The summed E-state index contributed by atoms with van der Waals surface area (Å²) in [4.78, 5) is 50.1. The molecule has 10 nitrogen and oxygen atoms in total. The van der Waals surface area contributed by atoms with Crippen molar-refractivity contribution in [2.75, 3.05) is 47.8 Å². The van der Waals surface area contributed by atoms with Crippen molar-refractivity contribution in [3.8, 4) is 0 Å². The number of carbonyl (C=O) groups excluding carboxylic acids is 3. The lowest BCUT2D eigenvalue weighted by Crippen LogP contribution is -2.50. The van der Waals surface area contributed by atoms with Gasteiger partial charge >= 0.3 is 12.1 Å². The highest BCUT2D eigenvalue weighted by Crippen LogP contribution is 2.34. The number of urea groups is 1. The lowest BCUT2D eigenvalue weighted by molar-refractivity contribution is -0.120. The van der Waals surface area contributed by atoms with Crippen LogP contribution in [0.15, 0.2) is 53.5 Å². The van der Waals surface area contributed by atoms with Crippen LogP contribution in [0.25, 0.3) is 0 Å². The second kappa shape index (κ2) is 13.7. The number of ether oxygens (including phenoxy) is 1. The van der Waals surface area contributed by atoms with Crippen LogP contribution >= 0.6 is 0 Å². The van der Waals surface area contributed by atoms with Gasteiger partial charge in [-0.1, -0.05) is 44.4 Å². The van der Waals surface area contributed by atoms with Crippen molar-refractivity contribution in [2.24, 2.45) is 10.9 Å². The average Bonchev–Trinajstić information content (AvgIpc) is 3.12. The van der Waals surface area contributed by atoms with E-state index in [2.05, 4.69) is 21.6 Å². The lowest BCUT2D eigenvalue weighted by atomic mass is 9.83. The van der Waals surface area contributed by atoms with Gasteiger partial charge in [0, 0.05) is 55.6 Å². The normalized spacial score (nSPS) is 19.5. The maximum atomic E-state index is 13.8. The summed E-state index contributed by atoms with van der Waals surface area (Å²) >= 11 is 0. The molecular formula is C34H46N6O4. The third-order valence-electron chi connectivity index (χ3n) is 8.37. The summed E-state index contributed by atoms with van der Waals surface area (Å²) in [6, 6.07) is 15.1. The first-order chi connectivity index (χ1) is 21.1. The molecule has 2 aromatic carbocycles. The number of anilines is 3. The Bertz CT molecular complexity index is 1350. The Hall–Kier alpha value is -4.08. The van der Waals surface area contributed by atoms with E-state index in [0.29, 0.717) is 38.4 Å². The fourth-order valence-electron chi connectivity index (χ4n) is 6.23. The summed E-state index contributed by atoms with van der Waals surface area (Å²) in [6.45, 7) is 10.7. The predicted octanol–water partition coefficient (Wildman–Crippen LogP) is 6.02. The van der Waals surface area contributed by atoms with Crippen molar-refractivity contribution in [1.82, 2.24) is 10.2 Å². The largest absolute Gasteiger partial charge is 0.444 e. The molecule has 0 unspecified atom stereocenters. The van der Waals surface area contributed by atoms with E-state index in [1.807, 2.05) is 70.2 Å². The maximum absolute atomic E-state index is 13.8. The molecule has 5 rings (SSSR count). The SMILES string of the molecule is CCCN1C(=O)[C@H](NC(=O)Nc2ccc(N3CCN(C(=O)OC(C)(C)C)CC3)cc2)N=C(C2CCCCC2)c2ccccc21. The van der Waals surface area contributed by atoms with Gasteiger partial charge in [0.15, 0.2) is 0 Å². The van der Waals surface area contributed by atoms with E-state index in [1.165, 1.54) is 6.42 Å². The minimum Gasteiger partial charge on any atom is -0.444 e. The molecular weight excluding hydrogens is 556 g/mol. The number of para-hydroxylation sites is 1. The summed E-state index contributed by atoms with van der Waals surface area (Å²) in [5.41, 5.74) is 3.90. The van der Waals surface area contributed by atoms with E-state index in [1.54, 1.807) is 9.80 Å². The molecule has 2 aromatic rings. The van der Waals surface area contributed by atoms with Crippen LogP contribution in [0, 0.1) is 5.92 Å². The first-order valence-corrected chi connectivity index (χ1v) is 16.0.